The van der Waals surface area contributed by atoms with Gasteiger partial charge >= 0.3 is 18.0 Å². The van der Waals surface area contributed by atoms with E-state index in [1.807, 2.05) is 62.4 Å². The van der Waals surface area contributed by atoms with Crippen LogP contribution >= 0.6 is 0 Å². The molecule has 206 valence electrons. The highest BCUT2D eigenvalue weighted by Crippen LogP contribution is 2.12. The molecule has 0 saturated heterocycles. The van der Waals surface area contributed by atoms with Crippen molar-refractivity contribution in [1.82, 2.24) is 10.6 Å². The topological polar surface area (TPSA) is 120 Å². The van der Waals surface area contributed by atoms with E-state index in [1.165, 1.54) is 0 Å². The van der Waals surface area contributed by atoms with Crippen molar-refractivity contribution in [2.45, 2.75) is 78.4 Å². The number of benzene rings is 2. The average Bonchev–Trinajstić information content (AvgIpc) is 2.85. The first-order chi connectivity index (χ1) is 17.9. The fourth-order valence-electron chi connectivity index (χ4n) is 3.41. The number of esters is 2. The highest BCUT2D eigenvalue weighted by molar-refractivity contribution is 5.92. The molecule has 0 bridgehead atoms. The molecule has 0 saturated carbocycles. The number of amides is 2. The van der Waals surface area contributed by atoms with Crippen LogP contribution in [0.3, 0.4) is 0 Å². The van der Waals surface area contributed by atoms with Crippen LogP contribution < -0.4 is 10.6 Å². The minimum absolute atomic E-state index is 0.0161. The summed E-state index contributed by atoms with van der Waals surface area (Å²) in [5, 5.41) is 5.07. The number of carbonyl (C=O) groups excluding carboxylic acids is 4. The van der Waals surface area contributed by atoms with E-state index >= 15 is 0 Å². The van der Waals surface area contributed by atoms with E-state index in [9.17, 15) is 19.2 Å². The van der Waals surface area contributed by atoms with Crippen LogP contribution in [-0.2, 0) is 41.8 Å². The van der Waals surface area contributed by atoms with Gasteiger partial charge in [-0.3, -0.25) is 9.59 Å². The zero-order valence-electron chi connectivity index (χ0n) is 22.7. The second-order valence-electron chi connectivity index (χ2n) is 10.3. The Bertz CT molecular complexity index is 1050. The molecule has 9 heteroatoms. The van der Waals surface area contributed by atoms with Gasteiger partial charge in [0.05, 0.1) is 6.42 Å². The fourth-order valence-corrected chi connectivity index (χ4v) is 3.41. The number of nitrogens with one attached hydrogen (secondary N) is 2. The molecule has 9 nitrogen and oxygen atoms in total. The van der Waals surface area contributed by atoms with Gasteiger partial charge in [-0.2, -0.15) is 0 Å². The van der Waals surface area contributed by atoms with Crippen molar-refractivity contribution in [2.24, 2.45) is 5.92 Å². The monoisotopic (exact) mass is 526 g/mol. The smallest absolute Gasteiger partial charge is 0.408 e. The molecule has 0 fully saturated rings. The Morgan fingerprint density at radius 1 is 0.763 bits per heavy atom. The second-order valence-corrected chi connectivity index (χ2v) is 10.3. The lowest BCUT2D eigenvalue weighted by Crippen LogP contribution is -2.53. The normalized spacial score (nSPS) is 12.7. The van der Waals surface area contributed by atoms with Crippen molar-refractivity contribution in [3.8, 4) is 0 Å². The first-order valence-electron chi connectivity index (χ1n) is 12.6. The maximum Gasteiger partial charge on any atom is 0.408 e. The quantitative estimate of drug-likeness (QED) is 0.313. The van der Waals surface area contributed by atoms with E-state index in [0.717, 1.165) is 11.1 Å². The fraction of sp³-hybridized carbons (Fsp3) is 0.448. The van der Waals surface area contributed by atoms with Crippen molar-refractivity contribution in [3.05, 3.63) is 71.8 Å². The Kier molecular flexibility index (Phi) is 11.8. The number of hydrogen-bond donors (Lipinski definition) is 2. The minimum Gasteiger partial charge on any atom is -0.461 e. The third kappa shape index (κ3) is 11.9. The standard InChI is InChI=1S/C29H38N2O7/c1-20(2)16-24(27(34)37-19-22-14-10-7-11-15-22)30-26(33)23(31-28(35)38-29(3,4)5)17-25(32)36-18-21-12-8-6-9-13-21/h6-15,20,23-24H,16-19H2,1-5H3,(H,30,33)(H,31,35)/t23-,24-/m0/s1. The van der Waals surface area contributed by atoms with Gasteiger partial charge in [0.1, 0.15) is 30.9 Å². The summed E-state index contributed by atoms with van der Waals surface area (Å²) in [5.74, 6) is -1.98. The molecule has 2 aromatic rings. The van der Waals surface area contributed by atoms with E-state index < -0.39 is 48.0 Å². The molecule has 38 heavy (non-hydrogen) atoms. The Morgan fingerprint density at radius 3 is 1.79 bits per heavy atom. The Labute approximate surface area is 224 Å². The predicted molar refractivity (Wildman–Crippen MR) is 142 cm³/mol. The molecule has 2 rings (SSSR count). The molecule has 0 aromatic heterocycles. The molecule has 0 radical (unpaired) electrons. The maximum absolute atomic E-state index is 13.2. The van der Waals surface area contributed by atoms with E-state index in [-0.39, 0.29) is 19.1 Å². The van der Waals surface area contributed by atoms with Crippen LogP contribution in [0.25, 0.3) is 0 Å². The van der Waals surface area contributed by atoms with Gasteiger partial charge in [-0.25, -0.2) is 9.59 Å². The summed E-state index contributed by atoms with van der Waals surface area (Å²) < 4.78 is 16.0. The maximum atomic E-state index is 13.2. The van der Waals surface area contributed by atoms with Gasteiger partial charge in [-0.1, -0.05) is 74.5 Å². The molecule has 0 spiro atoms. The Balaban J connectivity index is 2.10. The van der Waals surface area contributed by atoms with Crippen molar-refractivity contribution < 1.29 is 33.4 Å². The molecular formula is C29H38N2O7. The van der Waals surface area contributed by atoms with E-state index in [2.05, 4.69) is 10.6 Å². The van der Waals surface area contributed by atoms with E-state index in [1.54, 1.807) is 32.9 Å². The lowest BCUT2D eigenvalue weighted by Gasteiger charge is -2.25. The van der Waals surface area contributed by atoms with Crippen molar-refractivity contribution in [1.29, 1.82) is 0 Å². The number of alkyl carbamates (subject to hydrolysis) is 1. The van der Waals surface area contributed by atoms with Crippen LogP contribution in [0, 0.1) is 5.92 Å². The van der Waals surface area contributed by atoms with E-state index in [0.29, 0.717) is 6.42 Å². The van der Waals surface area contributed by atoms with E-state index in [4.69, 9.17) is 14.2 Å². The summed E-state index contributed by atoms with van der Waals surface area (Å²) in [4.78, 5) is 51.1. The molecule has 0 aliphatic heterocycles. The lowest BCUT2D eigenvalue weighted by atomic mass is 10.0. The summed E-state index contributed by atoms with van der Waals surface area (Å²) in [6.07, 6.45) is -1.02. The summed E-state index contributed by atoms with van der Waals surface area (Å²) in [5.41, 5.74) is 0.765. The summed E-state index contributed by atoms with van der Waals surface area (Å²) in [6.45, 7) is 8.91. The average molecular weight is 527 g/mol. The first-order valence-corrected chi connectivity index (χ1v) is 12.6. The van der Waals surface area contributed by atoms with Gasteiger partial charge in [0.25, 0.3) is 0 Å². The van der Waals surface area contributed by atoms with Gasteiger partial charge < -0.3 is 24.8 Å². The van der Waals surface area contributed by atoms with Crippen LogP contribution in [0.1, 0.15) is 58.6 Å². The number of hydrogen-bond acceptors (Lipinski definition) is 7. The van der Waals surface area contributed by atoms with Gasteiger partial charge in [0.2, 0.25) is 5.91 Å². The highest BCUT2D eigenvalue weighted by Gasteiger charge is 2.31. The third-order valence-electron chi connectivity index (χ3n) is 5.15. The van der Waals surface area contributed by atoms with Crippen molar-refractivity contribution in [3.63, 3.8) is 0 Å². The zero-order valence-corrected chi connectivity index (χ0v) is 22.7. The van der Waals surface area contributed by atoms with Crippen molar-refractivity contribution >= 4 is 23.9 Å². The Hall–Kier alpha value is -3.88. The molecule has 0 aliphatic rings. The summed E-state index contributed by atoms with van der Waals surface area (Å²) in [7, 11) is 0. The van der Waals surface area contributed by atoms with Crippen LogP contribution in [0.5, 0.6) is 0 Å². The molecule has 2 atom stereocenters. The van der Waals surface area contributed by atoms with Crippen LogP contribution in [0.2, 0.25) is 0 Å². The number of ether oxygens (including phenoxy) is 3. The molecule has 0 heterocycles. The SMILES string of the molecule is CC(C)C[C@H](NC(=O)[C@H](CC(=O)OCc1ccccc1)NC(=O)OC(C)(C)C)C(=O)OCc1ccccc1. The van der Waals surface area contributed by atoms with Gasteiger partial charge in [0.15, 0.2) is 0 Å². The molecule has 2 N–H and O–H groups in total. The molecule has 0 aliphatic carbocycles. The molecule has 0 unspecified atom stereocenters. The first kappa shape index (κ1) is 30.3. The second kappa shape index (κ2) is 14.8. The van der Waals surface area contributed by atoms with Crippen LogP contribution in [0.15, 0.2) is 60.7 Å². The molecule has 2 amide bonds. The van der Waals surface area contributed by atoms with Gasteiger partial charge in [-0.15, -0.1) is 0 Å². The predicted octanol–water partition coefficient (Wildman–Crippen LogP) is 4.29. The van der Waals surface area contributed by atoms with Gasteiger partial charge in [0, 0.05) is 0 Å². The lowest BCUT2D eigenvalue weighted by molar-refractivity contribution is -0.150. The summed E-state index contributed by atoms with van der Waals surface area (Å²) >= 11 is 0. The third-order valence-corrected chi connectivity index (χ3v) is 5.15. The zero-order chi connectivity index (χ0) is 28.1. The summed E-state index contributed by atoms with van der Waals surface area (Å²) in [6, 6.07) is 15.9. The van der Waals surface area contributed by atoms with Crippen LogP contribution in [0.4, 0.5) is 4.79 Å². The Morgan fingerprint density at radius 2 is 1.29 bits per heavy atom. The number of rotatable bonds is 12. The van der Waals surface area contributed by atoms with Crippen molar-refractivity contribution in [2.75, 3.05) is 0 Å². The molecular weight excluding hydrogens is 488 g/mol. The highest BCUT2D eigenvalue weighted by atomic mass is 16.6. The van der Waals surface area contributed by atoms with Crippen LogP contribution in [-0.4, -0.2) is 41.6 Å². The minimum atomic E-state index is -1.33. The molecule has 2 aromatic carbocycles. The largest absolute Gasteiger partial charge is 0.461 e. The number of carbonyl (C=O) groups is 4. The van der Waals surface area contributed by atoms with Gasteiger partial charge in [-0.05, 0) is 44.2 Å².